The van der Waals surface area contributed by atoms with Gasteiger partial charge >= 0.3 is 0 Å². The Hall–Kier alpha value is -2.93. The van der Waals surface area contributed by atoms with Crippen molar-refractivity contribution in [2.75, 3.05) is 11.9 Å². The highest BCUT2D eigenvalue weighted by atomic mass is 16.5. The molecule has 1 aromatic carbocycles. The predicted molar refractivity (Wildman–Crippen MR) is 85.0 cm³/mol. The Morgan fingerprint density at radius 1 is 1.12 bits per heavy atom. The van der Waals surface area contributed by atoms with E-state index in [1.165, 1.54) is 0 Å². The first kappa shape index (κ1) is 14.6. The first-order chi connectivity index (χ1) is 11.8. The highest BCUT2D eigenvalue weighted by molar-refractivity contribution is 5.94. The fourth-order valence-electron chi connectivity index (χ4n) is 2.54. The van der Waals surface area contributed by atoms with E-state index in [4.69, 9.17) is 13.6 Å². The van der Waals surface area contributed by atoms with Crippen LogP contribution in [-0.2, 0) is 9.53 Å². The standard InChI is InChI=1S/C17H15N3O4/c21-15(13-3-1-9-22-13)18-12-7-5-11(6-8-12)16-19-20-17(24-16)14-4-2-10-23-14/h2,4-8,10,13H,1,3,9H2,(H,18,21). The summed E-state index contributed by atoms with van der Waals surface area (Å²) in [6.45, 7) is 0.645. The van der Waals surface area contributed by atoms with Gasteiger partial charge < -0.3 is 18.9 Å². The minimum absolute atomic E-state index is 0.113. The molecule has 7 nitrogen and oxygen atoms in total. The second kappa shape index (κ2) is 6.29. The van der Waals surface area contributed by atoms with Gasteiger partial charge in [0, 0.05) is 17.9 Å². The van der Waals surface area contributed by atoms with Gasteiger partial charge in [0.05, 0.1) is 6.26 Å². The van der Waals surface area contributed by atoms with E-state index in [-0.39, 0.29) is 12.0 Å². The first-order valence-electron chi connectivity index (χ1n) is 7.70. The SMILES string of the molecule is O=C(Nc1ccc(-c2nnc(-c3ccco3)o2)cc1)C1CCCO1. The van der Waals surface area contributed by atoms with Gasteiger partial charge in [-0.15, -0.1) is 10.2 Å². The van der Waals surface area contributed by atoms with Gasteiger partial charge in [0.2, 0.25) is 5.89 Å². The summed E-state index contributed by atoms with van der Waals surface area (Å²) in [6, 6.07) is 10.7. The lowest BCUT2D eigenvalue weighted by Crippen LogP contribution is -2.26. The number of furan rings is 1. The largest absolute Gasteiger partial charge is 0.459 e. The van der Waals surface area contributed by atoms with Gasteiger partial charge in [0.15, 0.2) is 5.76 Å². The van der Waals surface area contributed by atoms with Crippen molar-refractivity contribution in [2.24, 2.45) is 0 Å². The van der Waals surface area contributed by atoms with E-state index in [9.17, 15) is 4.79 Å². The molecule has 1 unspecified atom stereocenters. The van der Waals surface area contributed by atoms with Crippen molar-refractivity contribution in [3.63, 3.8) is 0 Å². The summed E-state index contributed by atoms with van der Waals surface area (Å²) in [6.07, 6.45) is 2.88. The number of hydrogen-bond acceptors (Lipinski definition) is 6. The van der Waals surface area contributed by atoms with E-state index in [1.807, 2.05) is 12.1 Å². The molecule has 1 saturated heterocycles. The number of carbonyl (C=O) groups excluding carboxylic acids is 1. The van der Waals surface area contributed by atoms with Gasteiger partial charge in [-0.3, -0.25) is 4.79 Å². The van der Waals surface area contributed by atoms with Crippen LogP contribution in [0, 0.1) is 0 Å². The minimum atomic E-state index is -0.350. The van der Waals surface area contributed by atoms with Crippen molar-refractivity contribution in [1.29, 1.82) is 0 Å². The lowest BCUT2D eigenvalue weighted by molar-refractivity contribution is -0.124. The molecule has 0 radical (unpaired) electrons. The molecule has 1 aliphatic rings. The average Bonchev–Trinajstić information content (AvgIpc) is 3.35. The number of nitrogens with zero attached hydrogens (tertiary/aromatic N) is 2. The molecule has 1 atom stereocenters. The van der Waals surface area contributed by atoms with E-state index in [2.05, 4.69) is 15.5 Å². The molecule has 122 valence electrons. The average molecular weight is 325 g/mol. The van der Waals surface area contributed by atoms with E-state index < -0.39 is 0 Å². The van der Waals surface area contributed by atoms with E-state index >= 15 is 0 Å². The summed E-state index contributed by atoms with van der Waals surface area (Å²) in [7, 11) is 0. The van der Waals surface area contributed by atoms with E-state index in [0.717, 1.165) is 18.4 Å². The number of benzene rings is 1. The molecular weight excluding hydrogens is 310 g/mol. The summed E-state index contributed by atoms with van der Waals surface area (Å²) < 4.78 is 16.2. The van der Waals surface area contributed by atoms with Gasteiger partial charge in [0.25, 0.3) is 11.8 Å². The van der Waals surface area contributed by atoms with Gasteiger partial charge in [-0.05, 0) is 49.2 Å². The van der Waals surface area contributed by atoms with Gasteiger partial charge in [-0.1, -0.05) is 0 Å². The Bertz CT molecular complexity index is 818. The van der Waals surface area contributed by atoms with Crippen LogP contribution in [-0.4, -0.2) is 28.8 Å². The summed E-state index contributed by atoms with van der Waals surface area (Å²) in [4.78, 5) is 12.0. The number of nitrogens with one attached hydrogen (secondary N) is 1. The summed E-state index contributed by atoms with van der Waals surface area (Å²) in [5, 5.41) is 10.8. The Balaban J connectivity index is 1.46. The van der Waals surface area contributed by atoms with Crippen molar-refractivity contribution >= 4 is 11.6 Å². The zero-order chi connectivity index (χ0) is 16.4. The molecule has 3 heterocycles. The number of aromatic nitrogens is 2. The zero-order valence-corrected chi connectivity index (χ0v) is 12.8. The topological polar surface area (TPSA) is 90.4 Å². The number of ether oxygens (including phenoxy) is 1. The predicted octanol–water partition coefficient (Wildman–Crippen LogP) is 3.11. The van der Waals surface area contributed by atoms with Crippen LogP contribution < -0.4 is 5.32 Å². The molecule has 24 heavy (non-hydrogen) atoms. The maximum absolute atomic E-state index is 12.0. The Morgan fingerprint density at radius 3 is 2.67 bits per heavy atom. The van der Waals surface area contributed by atoms with Crippen molar-refractivity contribution in [1.82, 2.24) is 10.2 Å². The normalized spacial score (nSPS) is 17.1. The summed E-state index contributed by atoms with van der Waals surface area (Å²) in [5.74, 6) is 1.12. The Morgan fingerprint density at radius 2 is 1.96 bits per heavy atom. The second-order valence-electron chi connectivity index (χ2n) is 5.46. The lowest BCUT2D eigenvalue weighted by atomic mass is 10.2. The highest BCUT2D eigenvalue weighted by Gasteiger charge is 2.23. The molecule has 3 aromatic rings. The maximum atomic E-state index is 12.0. The Labute approximate surface area is 137 Å². The molecule has 1 fully saturated rings. The van der Waals surface area contributed by atoms with Crippen molar-refractivity contribution in [3.8, 4) is 23.1 Å². The summed E-state index contributed by atoms with van der Waals surface area (Å²) in [5.41, 5.74) is 1.46. The molecule has 7 heteroatoms. The number of carbonyl (C=O) groups is 1. The van der Waals surface area contributed by atoms with Crippen LogP contribution >= 0.6 is 0 Å². The summed E-state index contributed by atoms with van der Waals surface area (Å²) >= 11 is 0. The van der Waals surface area contributed by atoms with Crippen LogP contribution in [0.1, 0.15) is 12.8 Å². The molecule has 1 amide bonds. The minimum Gasteiger partial charge on any atom is -0.459 e. The van der Waals surface area contributed by atoms with E-state index in [0.29, 0.717) is 29.8 Å². The molecule has 2 aromatic heterocycles. The highest BCUT2D eigenvalue weighted by Crippen LogP contribution is 2.25. The third-order valence-corrected chi connectivity index (χ3v) is 3.78. The maximum Gasteiger partial charge on any atom is 0.283 e. The van der Waals surface area contributed by atoms with Crippen molar-refractivity contribution < 1.29 is 18.4 Å². The van der Waals surface area contributed by atoms with Crippen LogP contribution in [0.25, 0.3) is 23.1 Å². The monoisotopic (exact) mass is 325 g/mol. The van der Waals surface area contributed by atoms with Crippen molar-refractivity contribution in [3.05, 3.63) is 42.7 Å². The molecular formula is C17H15N3O4. The number of amides is 1. The molecule has 0 spiro atoms. The van der Waals surface area contributed by atoms with E-state index in [1.54, 1.807) is 30.5 Å². The second-order valence-corrected chi connectivity index (χ2v) is 5.46. The van der Waals surface area contributed by atoms with Gasteiger partial charge in [0.1, 0.15) is 6.10 Å². The fraction of sp³-hybridized carbons (Fsp3) is 0.235. The van der Waals surface area contributed by atoms with Crippen LogP contribution in [0.4, 0.5) is 5.69 Å². The number of rotatable bonds is 4. The van der Waals surface area contributed by atoms with Crippen molar-refractivity contribution in [2.45, 2.75) is 18.9 Å². The van der Waals surface area contributed by atoms with Crippen LogP contribution in [0.3, 0.4) is 0 Å². The third-order valence-electron chi connectivity index (χ3n) is 3.78. The van der Waals surface area contributed by atoms with Crippen LogP contribution in [0.2, 0.25) is 0 Å². The molecule has 0 aliphatic carbocycles. The molecule has 1 N–H and O–H groups in total. The van der Waals surface area contributed by atoms with Gasteiger partial charge in [-0.2, -0.15) is 0 Å². The van der Waals surface area contributed by atoms with Crippen LogP contribution in [0.5, 0.6) is 0 Å². The number of hydrogen-bond donors (Lipinski definition) is 1. The molecule has 1 aliphatic heterocycles. The number of anilines is 1. The molecule has 0 saturated carbocycles. The zero-order valence-electron chi connectivity index (χ0n) is 12.8. The third kappa shape index (κ3) is 2.93. The smallest absolute Gasteiger partial charge is 0.283 e. The molecule has 4 rings (SSSR count). The van der Waals surface area contributed by atoms with Crippen LogP contribution in [0.15, 0.2) is 51.5 Å². The first-order valence-corrected chi connectivity index (χ1v) is 7.70. The molecule has 0 bridgehead atoms. The van der Waals surface area contributed by atoms with Gasteiger partial charge in [-0.25, -0.2) is 0 Å². The lowest BCUT2D eigenvalue weighted by Gasteiger charge is -2.10. The quantitative estimate of drug-likeness (QED) is 0.792. The Kier molecular flexibility index (Phi) is 3.84. The fourth-order valence-corrected chi connectivity index (χ4v) is 2.54.